The second-order valence-electron chi connectivity index (χ2n) is 11.7. The zero-order chi connectivity index (χ0) is 33.9. The average molecular weight is 653 g/mol. The van der Waals surface area contributed by atoms with E-state index in [1.807, 2.05) is 48.2 Å². The third-order valence-corrected chi connectivity index (χ3v) is 8.57. The molecule has 1 saturated carbocycles. The minimum absolute atomic E-state index is 0.225. The van der Waals surface area contributed by atoms with Crippen LogP contribution in [0, 0.1) is 23.2 Å². The van der Waals surface area contributed by atoms with E-state index in [0.29, 0.717) is 70.7 Å². The second kappa shape index (κ2) is 13.5. The predicted molar refractivity (Wildman–Crippen MR) is 178 cm³/mol. The molecule has 0 unspecified atom stereocenters. The summed E-state index contributed by atoms with van der Waals surface area (Å²) in [5.74, 6) is 2.90. The number of carbonyl (C=O) groups is 2. The fraction of sp³-hybridized carbons (Fsp3) is 0.343. The van der Waals surface area contributed by atoms with Gasteiger partial charge in [0.2, 0.25) is 5.91 Å². The number of nitrogens with one attached hydrogen (secondary N) is 1. The highest BCUT2D eigenvalue weighted by Crippen LogP contribution is 2.39. The van der Waals surface area contributed by atoms with Gasteiger partial charge in [-0.2, -0.15) is 5.26 Å². The van der Waals surface area contributed by atoms with Crippen molar-refractivity contribution in [2.24, 2.45) is 11.8 Å². The average Bonchev–Trinajstić information content (AvgIpc) is 3.83. The Morgan fingerprint density at radius 2 is 1.65 bits per heavy atom. The molecule has 2 fully saturated rings. The Morgan fingerprint density at radius 3 is 2.17 bits per heavy atom. The number of anilines is 3. The minimum Gasteiger partial charge on any atom is -0.497 e. The molecule has 2 aromatic heterocycles. The zero-order valence-electron chi connectivity index (χ0n) is 27.4. The summed E-state index contributed by atoms with van der Waals surface area (Å²) < 4.78 is 27.7. The van der Waals surface area contributed by atoms with E-state index in [2.05, 4.69) is 16.4 Å². The van der Waals surface area contributed by atoms with Crippen molar-refractivity contribution in [3.8, 4) is 29.1 Å². The van der Waals surface area contributed by atoms with Gasteiger partial charge in [-0.25, -0.2) is 14.8 Å². The molecule has 3 atom stereocenters. The Morgan fingerprint density at radius 1 is 1.00 bits per heavy atom. The molecule has 0 bridgehead atoms. The number of nitriles is 1. The maximum Gasteiger partial charge on any atom is 0.415 e. The van der Waals surface area contributed by atoms with Crippen LogP contribution in [0.25, 0.3) is 10.8 Å². The van der Waals surface area contributed by atoms with E-state index in [9.17, 15) is 14.9 Å². The summed E-state index contributed by atoms with van der Waals surface area (Å²) >= 11 is 0. The van der Waals surface area contributed by atoms with Crippen LogP contribution in [0.4, 0.5) is 22.2 Å². The highest BCUT2D eigenvalue weighted by atomic mass is 16.6. The molecule has 0 spiro atoms. The highest BCUT2D eigenvalue weighted by Gasteiger charge is 2.43. The van der Waals surface area contributed by atoms with Gasteiger partial charge in [-0.3, -0.25) is 9.69 Å². The first-order valence-corrected chi connectivity index (χ1v) is 15.4. The van der Waals surface area contributed by atoms with Crippen LogP contribution in [0.5, 0.6) is 23.0 Å². The summed E-state index contributed by atoms with van der Waals surface area (Å²) in [4.78, 5) is 38.9. The molecule has 1 N–H and O–H groups in total. The molecule has 1 aliphatic heterocycles. The molecule has 4 aromatic rings. The molecule has 248 valence electrons. The van der Waals surface area contributed by atoms with E-state index in [1.165, 1.54) is 4.90 Å². The van der Waals surface area contributed by atoms with Crippen molar-refractivity contribution >= 4 is 40.2 Å². The normalized spacial score (nSPS) is 18.1. The topological polar surface area (TPSA) is 148 Å². The van der Waals surface area contributed by atoms with Crippen LogP contribution in [0.15, 0.2) is 54.7 Å². The Labute approximate surface area is 277 Å². The molecular weight excluding hydrogens is 616 g/mol. The number of hydrogen-bond acceptors (Lipinski definition) is 11. The van der Waals surface area contributed by atoms with Crippen LogP contribution in [0.2, 0.25) is 0 Å². The SMILES string of the molecule is COc1ccc(CN(Cc2ccc(OC)cc2OC)c2nc(N3C(=O)OC[C@@H]3C)cc3cc(NC(=O)[C@@H]4C[C@H]4C#N)ncc23)c(OC)c1. The number of carbonyl (C=O) groups excluding carboxylic acids is 2. The van der Waals surface area contributed by atoms with Gasteiger partial charge in [-0.15, -0.1) is 0 Å². The van der Waals surface area contributed by atoms with E-state index in [0.717, 1.165) is 11.1 Å². The van der Waals surface area contributed by atoms with Gasteiger partial charge in [-0.1, -0.05) is 0 Å². The van der Waals surface area contributed by atoms with E-state index < -0.39 is 6.09 Å². The number of fused-ring (bicyclic) bond motifs is 1. The van der Waals surface area contributed by atoms with Crippen LogP contribution in [0.3, 0.4) is 0 Å². The second-order valence-corrected chi connectivity index (χ2v) is 11.7. The first-order chi connectivity index (χ1) is 23.3. The quantitative estimate of drug-likeness (QED) is 0.212. The number of pyridine rings is 2. The Kier molecular flexibility index (Phi) is 9.07. The smallest absolute Gasteiger partial charge is 0.415 e. The van der Waals surface area contributed by atoms with E-state index in [-0.39, 0.29) is 30.4 Å². The van der Waals surface area contributed by atoms with Crippen molar-refractivity contribution in [3.63, 3.8) is 0 Å². The molecule has 2 aromatic carbocycles. The number of rotatable bonds is 12. The van der Waals surface area contributed by atoms with Gasteiger partial charge in [0, 0.05) is 47.9 Å². The molecule has 3 heterocycles. The standard InChI is InChI=1S/C35H36N6O7/c1-20-19-48-35(43)41(20)32-12-23-11-31(38-34(42)27-10-24(27)15-36)37-16-28(23)33(39-32)40(17-21-6-8-25(44-2)13-29(21)46-4)18-22-7-9-26(45-3)14-30(22)47-5/h6-9,11-14,16,20,24,27H,10,17-19H2,1-5H3,(H,37,38,42)/t20-,24-,27+/m0/s1. The molecule has 0 radical (unpaired) electrons. The van der Waals surface area contributed by atoms with Crippen LogP contribution < -0.4 is 34.1 Å². The number of cyclic esters (lactones) is 1. The first-order valence-electron chi connectivity index (χ1n) is 15.4. The molecule has 13 heteroatoms. The monoisotopic (exact) mass is 652 g/mol. The van der Waals surface area contributed by atoms with Crippen molar-refractivity contribution in [1.82, 2.24) is 9.97 Å². The van der Waals surface area contributed by atoms with Crippen LogP contribution in [0.1, 0.15) is 24.5 Å². The maximum absolute atomic E-state index is 12.9. The van der Waals surface area contributed by atoms with Gasteiger partial charge in [0.1, 0.15) is 47.1 Å². The van der Waals surface area contributed by atoms with Gasteiger partial charge < -0.3 is 33.9 Å². The lowest BCUT2D eigenvalue weighted by atomic mass is 10.1. The number of benzene rings is 2. The first kappa shape index (κ1) is 32.2. The molecular formula is C35H36N6O7. The van der Waals surface area contributed by atoms with Gasteiger partial charge in [0.25, 0.3) is 0 Å². The fourth-order valence-electron chi connectivity index (χ4n) is 5.81. The molecule has 2 amide bonds. The summed E-state index contributed by atoms with van der Waals surface area (Å²) in [6.07, 6.45) is 1.68. The maximum atomic E-state index is 12.9. The lowest BCUT2D eigenvalue weighted by Gasteiger charge is -2.28. The summed E-state index contributed by atoms with van der Waals surface area (Å²) in [6.45, 7) is 2.79. The molecule has 13 nitrogen and oxygen atoms in total. The largest absolute Gasteiger partial charge is 0.497 e. The summed E-state index contributed by atoms with van der Waals surface area (Å²) in [5.41, 5.74) is 1.71. The summed E-state index contributed by atoms with van der Waals surface area (Å²) in [6, 6.07) is 16.6. The van der Waals surface area contributed by atoms with Gasteiger partial charge >= 0.3 is 6.09 Å². The summed E-state index contributed by atoms with van der Waals surface area (Å²) in [7, 11) is 6.39. The van der Waals surface area contributed by atoms with E-state index in [1.54, 1.807) is 46.8 Å². The third kappa shape index (κ3) is 6.42. The molecule has 48 heavy (non-hydrogen) atoms. The number of aromatic nitrogens is 2. The van der Waals surface area contributed by atoms with E-state index >= 15 is 0 Å². The predicted octanol–water partition coefficient (Wildman–Crippen LogP) is 5.31. The van der Waals surface area contributed by atoms with Crippen molar-refractivity contribution in [2.75, 3.05) is 50.2 Å². The van der Waals surface area contributed by atoms with Crippen LogP contribution in [-0.2, 0) is 22.6 Å². The Balaban J connectivity index is 1.49. The Bertz CT molecular complexity index is 1850. The van der Waals surface area contributed by atoms with Gasteiger partial charge in [0.15, 0.2) is 0 Å². The number of amides is 2. The van der Waals surface area contributed by atoms with Crippen LogP contribution in [-0.4, -0.2) is 63.1 Å². The molecule has 1 aliphatic carbocycles. The number of hydrogen-bond donors (Lipinski definition) is 1. The highest BCUT2D eigenvalue weighted by molar-refractivity contribution is 6.00. The zero-order valence-corrected chi connectivity index (χ0v) is 27.4. The van der Waals surface area contributed by atoms with Crippen molar-refractivity contribution in [1.29, 1.82) is 5.26 Å². The van der Waals surface area contributed by atoms with Gasteiger partial charge in [-0.05, 0) is 55.1 Å². The molecule has 1 saturated heterocycles. The lowest BCUT2D eigenvalue weighted by molar-refractivity contribution is -0.117. The lowest BCUT2D eigenvalue weighted by Crippen LogP contribution is -2.32. The van der Waals surface area contributed by atoms with Crippen LogP contribution >= 0.6 is 0 Å². The third-order valence-electron chi connectivity index (χ3n) is 8.57. The summed E-state index contributed by atoms with van der Waals surface area (Å²) in [5, 5.41) is 13.4. The number of methoxy groups -OCH3 is 4. The van der Waals surface area contributed by atoms with Crippen molar-refractivity contribution in [2.45, 2.75) is 32.5 Å². The fourth-order valence-corrected chi connectivity index (χ4v) is 5.81. The van der Waals surface area contributed by atoms with E-state index in [4.69, 9.17) is 28.7 Å². The van der Waals surface area contributed by atoms with Gasteiger partial charge in [0.05, 0.1) is 52.4 Å². The minimum atomic E-state index is -0.501. The number of ether oxygens (including phenoxy) is 5. The molecule has 6 rings (SSSR count). The van der Waals surface area contributed by atoms with Crippen molar-refractivity contribution in [3.05, 3.63) is 65.9 Å². The number of nitrogens with zero attached hydrogens (tertiary/aromatic N) is 5. The molecule has 2 aliphatic rings. The Hall–Kier alpha value is -5.77. The van der Waals surface area contributed by atoms with Crippen molar-refractivity contribution < 1.29 is 33.3 Å².